The summed E-state index contributed by atoms with van der Waals surface area (Å²) >= 11 is 0. The highest BCUT2D eigenvalue weighted by molar-refractivity contribution is 14.0. The standard InChI is InChI=1S/C23H30N4O3.HI/c1-18-20-6-2-3-7-21(20)30-22(18)17-26-23(24-9-8-19-5-4-14-29-19)25-10-11-27-12-15-28-16-13-27;/h2-7,14H,8-13,15-17H2,1H3,(H2,24,25,26);1H. The number of halogens is 1. The van der Waals surface area contributed by atoms with Gasteiger partial charge < -0.3 is 24.2 Å². The van der Waals surface area contributed by atoms with Crippen LogP contribution in [0.2, 0.25) is 0 Å². The molecule has 1 aliphatic rings. The van der Waals surface area contributed by atoms with Gasteiger partial charge in [-0.15, -0.1) is 24.0 Å². The van der Waals surface area contributed by atoms with Crippen LogP contribution in [0.3, 0.4) is 0 Å². The van der Waals surface area contributed by atoms with E-state index in [1.165, 1.54) is 0 Å². The van der Waals surface area contributed by atoms with Crippen molar-refractivity contribution in [3.05, 3.63) is 59.7 Å². The third-order valence-corrected chi connectivity index (χ3v) is 5.39. The Morgan fingerprint density at radius 3 is 2.65 bits per heavy atom. The molecule has 0 amide bonds. The van der Waals surface area contributed by atoms with E-state index in [-0.39, 0.29) is 24.0 Å². The highest BCUT2D eigenvalue weighted by Crippen LogP contribution is 2.25. The SMILES string of the molecule is Cc1c(CN=C(NCCc2ccco2)NCCN2CCOCC2)oc2ccccc12.I. The normalized spacial score (nSPS) is 15.1. The third-order valence-electron chi connectivity index (χ3n) is 5.39. The Morgan fingerprint density at radius 2 is 1.87 bits per heavy atom. The van der Waals surface area contributed by atoms with Crippen molar-refractivity contribution in [3.8, 4) is 0 Å². The number of rotatable bonds is 8. The lowest BCUT2D eigenvalue weighted by atomic mass is 10.1. The van der Waals surface area contributed by atoms with Crippen LogP contribution in [-0.2, 0) is 17.7 Å². The summed E-state index contributed by atoms with van der Waals surface area (Å²) in [4.78, 5) is 7.18. The van der Waals surface area contributed by atoms with Gasteiger partial charge in [-0.3, -0.25) is 4.90 Å². The van der Waals surface area contributed by atoms with E-state index >= 15 is 0 Å². The van der Waals surface area contributed by atoms with Gasteiger partial charge in [-0.05, 0) is 25.1 Å². The van der Waals surface area contributed by atoms with Crippen LogP contribution >= 0.6 is 24.0 Å². The molecule has 0 aliphatic carbocycles. The predicted octanol–water partition coefficient (Wildman–Crippen LogP) is 3.56. The highest BCUT2D eigenvalue weighted by atomic mass is 127. The summed E-state index contributed by atoms with van der Waals surface area (Å²) in [5, 5.41) is 8.02. The van der Waals surface area contributed by atoms with Crippen molar-refractivity contribution in [2.24, 2.45) is 4.99 Å². The zero-order valence-corrected chi connectivity index (χ0v) is 20.3. The third kappa shape index (κ3) is 6.72. The Labute approximate surface area is 200 Å². The van der Waals surface area contributed by atoms with Crippen LogP contribution < -0.4 is 10.6 Å². The van der Waals surface area contributed by atoms with Crippen molar-refractivity contribution in [1.29, 1.82) is 0 Å². The minimum atomic E-state index is 0. The number of morpholine rings is 1. The Bertz CT molecular complexity index is 949. The van der Waals surface area contributed by atoms with E-state index in [9.17, 15) is 0 Å². The second-order valence-electron chi connectivity index (χ2n) is 7.45. The molecule has 2 aromatic heterocycles. The van der Waals surface area contributed by atoms with Gasteiger partial charge in [0.25, 0.3) is 0 Å². The highest BCUT2D eigenvalue weighted by Gasteiger charge is 2.11. The van der Waals surface area contributed by atoms with E-state index in [2.05, 4.69) is 28.5 Å². The molecule has 0 unspecified atom stereocenters. The van der Waals surface area contributed by atoms with Crippen LogP contribution in [0.5, 0.6) is 0 Å². The second-order valence-corrected chi connectivity index (χ2v) is 7.45. The lowest BCUT2D eigenvalue weighted by molar-refractivity contribution is 0.0389. The van der Waals surface area contributed by atoms with E-state index in [0.29, 0.717) is 6.54 Å². The van der Waals surface area contributed by atoms with Crippen molar-refractivity contribution in [2.75, 3.05) is 45.9 Å². The first-order valence-electron chi connectivity index (χ1n) is 10.6. The minimum absolute atomic E-state index is 0. The molecule has 0 saturated carbocycles. The zero-order valence-electron chi connectivity index (χ0n) is 17.9. The van der Waals surface area contributed by atoms with E-state index in [4.69, 9.17) is 18.6 Å². The number of benzene rings is 1. The zero-order chi connectivity index (χ0) is 20.6. The number of hydrogen-bond donors (Lipinski definition) is 2. The Hall–Kier alpha value is -2.04. The monoisotopic (exact) mass is 538 g/mol. The van der Waals surface area contributed by atoms with E-state index < -0.39 is 0 Å². The van der Waals surface area contributed by atoms with E-state index in [0.717, 1.165) is 86.4 Å². The van der Waals surface area contributed by atoms with Gasteiger partial charge >= 0.3 is 0 Å². The fraction of sp³-hybridized carbons (Fsp3) is 0.435. The lowest BCUT2D eigenvalue weighted by Gasteiger charge is -2.26. The Morgan fingerprint density at radius 1 is 1.06 bits per heavy atom. The maximum absolute atomic E-state index is 6.01. The van der Waals surface area contributed by atoms with Crippen molar-refractivity contribution in [1.82, 2.24) is 15.5 Å². The van der Waals surface area contributed by atoms with Crippen molar-refractivity contribution >= 4 is 40.9 Å². The Balaban J connectivity index is 0.00000272. The summed E-state index contributed by atoms with van der Waals surface area (Å²) in [6, 6.07) is 12.0. The number of fused-ring (bicyclic) bond motifs is 1. The van der Waals surface area contributed by atoms with Gasteiger partial charge in [0.15, 0.2) is 5.96 Å². The number of nitrogens with zero attached hydrogens (tertiary/aromatic N) is 2. The molecule has 1 fully saturated rings. The number of para-hydroxylation sites is 1. The molecular formula is C23H31IN4O3. The molecule has 31 heavy (non-hydrogen) atoms. The second kappa shape index (κ2) is 12.1. The molecule has 1 aromatic carbocycles. The maximum Gasteiger partial charge on any atom is 0.191 e. The van der Waals surface area contributed by atoms with Gasteiger partial charge in [0, 0.05) is 50.1 Å². The first-order chi connectivity index (χ1) is 14.8. The number of nitrogens with one attached hydrogen (secondary N) is 2. The van der Waals surface area contributed by atoms with Gasteiger partial charge in [-0.25, -0.2) is 4.99 Å². The molecule has 0 radical (unpaired) electrons. The van der Waals surface area contributed by atoms with Crippen LogP contribution in [0.1, 0.15) is 17.1 Å². The molecule has 1 saturated heterocycles. The lowest BCUT2D eigenvalue weighted by Crippen LogP contribution is -2.44. The fourth-order valence-corrected chi connectivity index (χ4v) is 3.62. The largest absolute Gasteiger partial charge is 0.469 e. The number of furan rings is 2. The van der Waals surface area contributed by atoms with Crippen molar-refractivity contribution in [3.63, 3.8) is 0 Å². The van der Waals surface area contributed by atoms with E-state index in [1.54, 1.807) is 6.26 Å². The molecule has 0 spiro atoms. The topological polar surface area (TPSA) is 75.2 Å². The number of guanidine groups is 1. The summed E-state index contributed by atoms with van der Waals surface area (Å²) in [6.07, 6.45) is 2.51. The molecule has 0 bridgehead atoms. The van der Waals surface area contributed by atoms with Gasteiger partial charge in [0.2, 0.25) is 0 Å². The Kier molecular flexibility index (Phi) is 9.23. The number of aliphatic imine (C=N–C) groups is 1. The molecule has 0 atom stereocenters. The summed E-state index contributed by atoms with van der Waals surface area (Å²) in [5.41, 5.74) is 2.06. The first-order valence-corrected chi connectivity index (χ1v) is 10.6. The minimum Gasteiger partial charge on any atom is -0.469 e. The molecule has 8 heteroatoms. The first kappa shape index (κ1) is 23.6. The van der Waals surface area contributed by atoms with Gasteiger partial charge in [-0.2, -0.15) is 0 Å². The predicted molar refractivity (Wildman–Crippen MR) is 133 cm³/mol. The van der Waals surface area contributed by atoms with Crippen LogP contribution in [0.4, 0.5) is 0 Å². The molecule has 168 valence electrons. The summed E-state index contributed by atoms with van der Waals surface area (Å²) in [5.74, 6) is 2.65. The van der Waals surface area contributed by atoms with Crippen molar-refractivity contribution in [2.45, 2.75) is 19.9 Å². The summed E-state index contributed by atoms with van der Waals surface area (Å²) < 4.78 is 16.9. The number of hydrogen-bond acceptors (Lipinski definition) is 5. The van der Waals surface area contributed by atoms with Crippen molar-refractivity contribution < 1.29 is 13.6 Å². The van der Waals surface area contributed by atoms with Crippen LogP contribution in [-0.4, -0.2) is 56.8 Å². The van der Waals surface area contributed by atoms with Gasteiger partial charge in [0.1, 0.15) is 23.6 Å². The molecule has 3 heterocycles. The summed E-state index contributed by atoms with van der Waals surface area (Å²) in [7, 11) is 0. The molecule has 3 aromatic rings. The van der Waals surface area contributed by atoms with Gasteiger partial charge in [0.05, 0.1) is 19.5 Å². The quantitative estimate of drug-likeness (QED) is 0.260. The van der Waals surface area contributed by atoms with Gasteiger partial charge in [-0.1, -0.05) is 18.2 Å². The molecular weight excluding hydrogens is 507 g/mol. The molecule has 2 N–H and O–H groups in total. The average molecular weight is 538 g/mol. The number of aryl methyl sites for hydroxylation is 1. The fourth-order valence-electron chi connectivity index (χ4n) is 3.62. The van der Waals surface area contributed by atoms with Crippen LogP contribution in [0, 0.1) is 6.92 Å². The molecule has 7 nitrogen and oxygen atoms in total. The molecule has 1 aliphatic heterocycles. The molecule has 4 rings (SSSR count). The summed E-state index contributed by atoms with van der Waals surface area (Å²) in [6.45, 7) is 8.71. The van der Waals surface area contributed by atoms with Crippen LogP contribution in [0.25, 0.3) is 11.0 Å². The average Bonchev–Trinajstić information content (AvgIpc) is 3.41. The van der Waals surface area contributed by atoms with E-state index in [1.807, 2.05) is 30.3 Å². The smallest absolute Gasteiger partial charge is 0.191 e. The van der Waals surface area contributed by atoms with Crippen LogP contribution in [0.15, 0.2) is 56.5 Å². The maximum atomic E-state index is 6.01. The number of ether oxygens (including phenoxy) is 1.